The summed E-state index contributed by atoms with van der Waals surface area (Å²) in [5, 5.41) is 3.22. The highest BCUT2D eigenvalue weighted by molar-refractivity contribution is 5.98. The van der Waals surface area contributed by atoms with E-state index < -0.39 is 0 Å². The summed E-state index contributed by atoms with van der Waals surface area (Å²) in [5.41, 5.74) is 2.73. The van der Waals surface area contributed by atoms with Crippen LogP contribution in [0.5, 0.6) is 0 Å². The van der Waals surface area contributed by atoms with E-state index >= 15 is 0 Å². The molecule has 132 valence electrons. The van der Waals surface area contributed by atoms with Gasteiger partial charge < -0.3 is 15.2 Å². The number of aromatic amines is 1. The van der Waals surface area contributed by atoms with Crippen molar-refractivity contribution in [3.8, 4) is 0 Å². The second kappa shape index (κ2) is 6.63. The second-order valence-electron chi connectivity index (χ2n) is 6.38. The maximum atomic E-state index is 13.7. The molecule has 2 aromatic carbocycles. The van der Waals surface area contributed by atoms with E-state index in [4.69, 9.17) is 0 Å². The monoisotopic (exact) mass is 351 g/mol. The molecule has 0 bridgehead atoms. The van der Waals surface area contributed by atoms with Crippen molar-refractivity contribution >= 4 is 28.4 Å². The van der Waals surface area contributed by atoms with Crippen molar-refractivity contribution in [1.82, 2.24) is 10.3 Å². The van der Waals surface area contributed by atoms with Crippen LogP contribution in [0.1, 0.15) is 28.9 Å². The lowest BCUT2D eigenvalue weighted by Crippen LogP contribution is -2.24. The third-order valence-corrected chi connectivity index (χ3v) is 4.63. The molecule has 2 amide bonds. The van der Waals surface area contributed by atoms with Gasteiger partial charge in [-0.05, 0) is 42.3 Å². The van der Waals surface area contributed by atoms with Crippen LogP contribution in [-0.2, 0) is 11.3 Å². The Morgan fingerprint density at radius 1 is 1.19 bits per heavy atom. The molecule has 3 aromatic rings. The van der Waals surface area contributed by atoms with Crippen molar-refractivity contribution in [2.75, 3.05) is 11.4 Å². The van der Waals surface area contributed by atoms with Crippen LogP contribution in [0.3, 0.4) is 0 Å². The van der Waals surface area contributed by atoms with Gasteiger partial charge in [0, 0.05) is 36.1 Å². The molecule has 1 fully saturated rings. The Bertz CT molecular complexity index is 978. The maximum absolute atomic E-state index is 13.7. The SMILES string of the molecule is O=C(NCc1ccc(N2CCCC2=O)cc1)c1cc2c(F)cccc2[nH]1. The van der Waals surface area contributed by atoms with Crippen LogP contribution < -0.4 is 10.2 Å². The summed E-state index contributed by atoms with van der Waals surface area (Å²) in [5.74, 6) is -0.499. The third kappa shape index (κ3) is 3.06. The van der Waals surface area contributed by atoms with Crippen molar-refractivity contribution in [2.45, 2.75) is 19.4 Å². The zero-order chi connectivity index (χ0) is 18.1. The molecule has 26 heavy (non-hydrogen) atoms. The smallest absolute Gasteiger partial charge is 0.267 e. The van der Waals surface area contributed by atoms with Gasteiger partial charge in [-0.3, -0.25) is 9.59 Å². The molecule has 1 saturated heterocycles. The number of anilines is 1. The highest BCUT2D eigenvalue weighted by Gasteiger charge is 2.21. The Kier molecular flexibility index (Phi) is 4.16. The van der Waals surface area contributed by atoms with Crippen LogP contribution in [0.2, 0.25) is 0 Å². The van der Waals surface area contributed by atoms with Crippen LogP contribution in [0.4, 0.5) is 10.1 Å². The van der Waals surface area contributed by atoms with Crippen LogP contribution in [0, 0.1) is 5.82 Å². The molecule has 6 heteroatoms. The summed E-state index contributed by atoms with van der Waals surface area (Å²) in [6, 6.07) is 13.8. The number of nitrogens with zero attached hydrogens (tertiary/aromatic N) is 1. The van der Waals surface area contributed by atoms with Gasteiger partial charge in [-0.25, -0.2) is 4.39 Å². The summed E-state index contributed by atoms with van der Waals surface area (Å²) in [7, 11) is 0. The molecule has 0 unspecified atom stereocenters. The number of carbonyl (C=O) groups is 2. The van der Waals surface area contributed by atoms with E-state index in [1.54, 1.807) is 17.0 Å². The minimum absolute atomic E-state index is 0.150. The highest BCUT2D eigenvalue weighted by atomic mass is 19.1. The quantitative estimate of drug-likeness (QED) is 0.757. The fourth-order valence-electron chi connectivity index (χ4n) is 3.23. The van der Waals surface area contributed by atoms with Gasteiger partial charge in [0.15, 0.2) is 0 Å². The number of carbonyl (C=O) groups excluding carboxylic acids is 2. The van der Waals surface area contributed by atoms with Gasteiger partial charge in [0.2, 0.25) is 5.91 Å². The highest BCUT2D eigenvalue weighted by Crippen LogP contribution is 2.22. The van der Waals surface area contributed by atoms with Gasteiger partial charge in [-0.15, -0.1) is 0 Å². The molecule has 2 N–H and O–H groups in total. The fourth-order valence-corrected chi connectivity index (χ4v) is 3.23. The lowest BCUT2D eigenvalue weighted by atomic mass is 10.2. The molecule has 0 radical (unpaired) electrons. The number of amides is 2. The summed E-state index contributed by atoms with van der Waals surface area (Å²) in [6.07, 6.45) is 1.49. The zero-order valence-corrected chi connectivity index (χ0v) is 14.1. The van der Waals surface area contributed by atoms with Crippen LogP contribution in [-0.4, -0.2) is 23.3 Å². The molecular formula is C20H18FN3O2. The molecule has 0 atom stereocenters. The summed E-state index contributed by atoms with van der Waals surface area (Å²) < 4.78 is 13.7. The number of hydrogen-bond acceptors (Lipinski definition) is 2. The van der Waals surface area contributed by atoms with E-state index in [-0.39, 0.29) is 17.6 Å². The predicted octanol–water partition coefficient (Wildman–Crippen LogP) is 3.36. The first-order chi connectivity index (χ1) is 12.6. The lowest BCUT2D eigenvalue weighted by Gasteiger charge is -2.16. The number of benzene rings is 2. The average Bonchev–Trinajstić information content (AvgIpc) is 3.27. The van der Waals surface area contributed by atoms with Crippen molar-refractivity contribution in [2.24, 2.45) is 0 Å². The molecular weight excluding hydrogens is 333 g/mol. The third-order valence-electron chi connectivity index (χ3n) is 4.63. The standard InChI is InChI=1S/C20H18FN3O2/c21-16-3-1-4-17-15(16)11-18(23-17)20(26)22-12-13-6-8-14(9-7-13)24-10-2-5-19(24)25/h1,3-4,6-9,11,23H,2,5,10,12H2,(H,22,26). The van der Waals surface area contributed by atoms with Crippen molar-refractivity contribution in [1.29, 1.82) is 0 Å². The van der Waals surface area contributed by atoms with Gasteiger partial charge in [-0.1, -0.05) is 18.2 Å². The first kappa shape index (κ1) is 16.3. The molecule has 2 heterocycles. The first-order valence-corrected chi connectivity index (χ1v) is 8.56. The first-order valence-electron chi connectivity index (χ1n) is 8.56. The number of fused-ring (bicyclic) bond motifs is 1. The normalized spacial score (nSPS) is 14.2. The van der Waals surface area contributed by atoms with E-state index in [2.05, 4.69) is 10.3 Å². The number of hydrogen-bond donors (Lipinski definition) is 2. The van der Waals surface area contributed by atoms with E-state index in [9.17, 15) is 14.0 Å². The molecule has 1 aromatic heterocycles. The van der Waals surface area contributed by atoms with Gasteiger partial charge >= 0.3 is 0 Å². The molecule has 4 rings (SSSR count). The number of rotatable bonds is 4. The van der Waals surface area contributed by atoms with Crippen molar-refractivity contribution < 1.29 is 14.0 Å². The predicted molar refractivity (Wildman–Crippen MR) is 97.5 cm³/mol. The summed E-state index contributed by atoms with van der Waals surface area (Å²) >= 11 is 0. The number of H-pyrrole nitrogens is 1. The van der Waals surface area contributed by atoms with Crippen molar-refractivity contribution in [3.63, 3.8) is 0 Å². The van der Waals surface area contributed by atoms with E-state index in [0.29, 0.717) is 29.6 Å². The number of nitrogens with one attached hydrogen (secondary N) is 2. The van der Waals surface area contributed by atoms with Gasteiger partial charge in [0.05, 0.1) is 0 Å². The molecule has 1 aliphatic heterocycles. The van der Waals surface area contributed by atoms with Crippen LogP contribution in [0.15, 0.2) is 48.5 Å². The summed E-state index contributed by atoms with van der Waals surface area (Å²) in [4.78, 5) is 28.8. The molecule has 1 aliphatic rings. The Morgan fingerprint density at radius 2 is 2.00 bits per heavy atom. The van der Waals surface area contributed by atoms with Crippen LogP contribution in [0.25, 0.3) is 10.9 Å². The largest absolute Gasteiger partial charge is 0.350 e. The molecule has 0 saturated carbocycles. The number of aromatic nitrogens is 1. The fraction of sp³-hybridized carbons (Fsp3) is 0.200. The van der Waals surface area contributed by atoms with Gasteiger partial charge in [0.25, 0.3) is 5.91 Å². The minimum atomic E-state index is -0.357. The lowest BCUT2D eigenvalue weighted by molar-refractivity contribution is -0.117. The topological polar surface area (TPSA) is 65.2 Å². The summed E-state index contributed by atoms with van der Waals surface area (Å²) in [6.45, 7) is 1.11. The Labute approximate surface area is 149 Å². The van der Waals surface area contributed by atoms with E-state index in [0.717, 1.165) is 24.2 Å². The Balaban J connectivity index is 1.42. The Hall–Kier alpha value is -3.15. The molecule has 0 spiro atoms. The van der Waals surface area contributed by atoms with Gasteiger partial charge in [0.1, 0.15) is 11.5 Å². The Morgan fingerprint density at radius 3 is 2.69 bits per heavy atom. The van der Waals surface area contributed by atoms with E-state index in [1.165, 1.54) is 12.1 Å². The molecule has 5 nitrogen and oxygen atoms in total. The minimum Gasteiger partial charge on any atom is -0.350 e. The zero-order valence-electron chi connectivity index (χ0n) is 14.1. The molecule has 0 aliphatic carbocycles. The maximum Gasteiger partial charge on any atom is 0.267 e. The van der Waals surface area contributed by atoms with Gasteiger partial charge in [-0.2, -0.15) is 0 Å². The average molecular weight is 351 g/mol. The second-order valence-corrected chi connectivity index (χ2v) is 6.38. The van der Waals surface area contributed by atoms with Crippen LogP contribution >= 0.6 is 0 Å². The number of halogens is 1. The van der Waals surface area contributed by atoms with E-state index in [1.807, 2.05) is 24.3 Å². The van der Waals surface area contributed by atoms with Crippen molar-refractivity contribution in [3.05, 3.63) is 65.6 Å².